The highest BCUT2D eigenvalue weighted by molar-refractivity contribution is 7.92. The topological polar surface area (TPSA) is 58.2 Å². The van der Waals surface area contributed by atoms with E-state index in [9.17, 15) is 12.8 Å². The van der Waals surface area contributed by atoms with Crippen LogP contribution in [0.3, 0.4) is 0 Å². The van der Waals surface area contributed by atoms with Crippen molar-refractivity contribution >= 4 is 27.3 Å². The van der Waals surface area contributed by atoms with Gasteiger partial charge in [0.15, 0.2) is 0 Å². The summed E-state index contributed by atoms with van der Waals surface area (Å²) in [6, 6.07) is 4.67. The van der Waals surface area contributed by atoms with E-state index in [1.54, 1.807) is 0 Å². The summed E-state index contributed by atoms with van der Waals surface area (Å²) in [5, 5.41) is 3.37. The molecule has 0 atom stereocenters. The van der Waals surface area contributed by atoms with Gasteiger partial charge in [-0.3, -0.25) is 4.72 Å². The fourth-order valence-electron chi connectivity index (χ4n) is 1.81. The number of sulfonamides is 1. The fourth-order valence-corrected chi connectivity index (χ4v) is 3.28. The number of rotatable bonds is 8. The van der Waals surface area contributed by atoms with Crippen LogP contribution in [0, 0.1) is 5.82 Å². The van der Waals surface area contributed by atoms with Gasteiger partial charge in [-0.15, -0.1) is 0 Å². The summed E-state index contributed by atoms with van der Waals surface area (Å²) in [7, 11) is -3.57. The zero-order valence-electron chi connectivity index (χ0n) is 11.0. The summed E-state index contributed by atoms with van der Waals surface area (Å²) < 4.78 is 39.4. The van der Waals surface area contributed by atoms with Crippen LogP contribution < -0.4 is 10.0 Å². The third-order valence-electron chi connectivity index (χ3n) is 3.07. The van der Waals surface area contributed by atoms with E-state index in [4.69, 9.17) is 11.6 Å². The van der Waals surface area contributed by atoms with E-state index in [0.717, 1.165) is 13.0 Å². The Kier molecular flexibility index (Phi) is 5.23. The highest BCUT2D eigenvalue weighted by Crippen LogP contribution is 2.25. The molecule has 0 amide bonds. The second kappa shape index (κ2) is 6.74. The highest BCUT2D eigenvalue weighted by atomic mass is 35.5. The largest absolute Gasteiger partial charge is 0.314 e. The molecule has 1 aliphatic carbocycles. The molecule has 2 N–H and O–H groups in total. The van der Waals surface area contributed by atoms with Gasteiger partial charge in [0.2, 0.25) is 10.0 Å². The third kappa shape index (κ3) is 4.92. The van der Waals surface area contributed by atoms with Crippen LogP contribution in [0.5, 0.6) is 0 Å². The predicted octanol–water partition coefficient (Wildman–Crippen LogP) is 2.75. The quantitative estimate of drug-likeness (QED) is 0.724. The van der Waals surface area contributed by atoms with Crippen LogP contribution in [0.1, 0.15) is 25.7 Å². The lowest BCUT2D eigenvalue weighted by atomic mass is 10.3. The number of halogens is 2. The first kappa shape index (κ1) is 15.5. The van der Waals surface area contributed by atoms with Crippen LogP contribution in [0.2, 0.25) is 5.02 Å². The van der Waals surface area contributed by atoms with Crippen molar-refractivity contribution in [1.29, 1.82) is 0 Å². The SMILES string of the molecule is O=S(=O)(CCCCNC1CC1)Nc1c(F)cccc1Cl. The van der Waals surface area contributed by atoms with Crippen molar-refractivity contribution in [3.05, 3.63) is 29.0 Å². The first-order valence-electron chi connectivity index (χ1n) is 6.66. The van der Waals surface area contributed by atoms with Gasteiger partial charge in [0, 0.05) is 6.04 Å². The molecule has 0 aliphatic heterocycles. The first-order valence-corrected chi connectivity index (χ1v) is 8.69. The smallest absolute Gasteiger partial charge is 0.232 e. The number of unbranched alkanes of at least 4 members (excludes halogenated alkanes) is 1. The minimum Gasteiger partial charge on any atom is -0.314 e. The minimum atomic E-state index is -3.57. The molecule has 0 radical (unpaired) electrons. The molecule has 0 heterocycles. The molecule has 0 aromatic heterocycles. The van der Waals surface area contributed by atoms with Crippen molar-refractivity contribution in [2.75, 3.05) is 17.0 Å². The average Bonchev–Trinajstić information content (AvgIpc) is 3.18. The van der Waals surface area contributed by atoms with Crippen molar-refractivity contribution in [2.45, 2.75) is 31.7 Å². The van der Waals surface area contributed by atoms with Gasteiger partial charge in [-0.2, -0.15) is 0 Å². The summed E-state index contributed by atoms with van der Waals surface area (Å²) >= 11 is 5.78. The summed E-state index contributed by atoms with van der Waals surface area (Å²) in [6.45, 7) is 0.820. The number of hydrogen-bond donors (Lipinski definition) is 2. The lowest BCUT2D eigenvalue weighted by molar-refractivity contribution is 0.589. The van der Waals surface area contributed by atoms with Crippen LogP contribution in [-0.4, -0.2) is 26.8 Å². The van der Waals surface area contributed by atoms with Crippen molar-refractivity contribution in [3.8, 4) is 0 Å². The summed E-state index contributed by atoms with van der Waals surface area (Å²) in [5.74, 6) is -0.708. The maximum absolute atomic E-state index is 13.5. The number of anilines is 1. The van der Waals surface area contributed by atoms with Gasteiger partial charge in [-0.05, 0) is 44.4 Å². The van der Waals surface area contributed by atoms with E-state index in [1.165, 1.54) is 31.0 Å². The molecule has 1 fully saturated rings. The standard InChI is InChI=1S/C13H18ClFN2O2S/c14-11-4-3-5-12(15)13(11)17-20(18,19)9-2-1-8-16-10-6-7-10/h3-5,10,16-17H,1-2,6-9H2. The Bertz CT molecular complexity index is 541. The first-order chi connectivity index (χ1) is 9.48. The lowest BCUT2D eigenvalue weighted by Gasteiger charge is -2.10. The molecule has 2 rings (SSSR count). The minimum absolute atomic E-state index is 0.0377. The Balaban J connectivity index is 1.80. The zero-order valence-corrected chi connectivity index (χ0v) is 12.6. The average molecular weight is 321 g/mol. The number of hydrogen-bond acceptors (Lipinski definition) is 3. The Labute approximate surface area is 123 Å². The van der Waals surface area contributed by atoms with E-state index >= 15 is 0 Å². The van der Waals surface area contributed by atoms with E-state index in [2.05, 4.69) is 10.0 Å². The van der Waals surface area contributed by atoms with Gasteiger partial charge in [0.05, 0.1) is 10.8 Å². The maximum atomic E-state index is 13.5. The third-order valence-corrected chi connectivity index (χ3v) is 4.73. The predicted molar refractivity (Wildman–Crippen MR) is 79.1 cm³/mol. The second-order valence-corrected chi connectivity index (χ2v) is 7.20. The van der Waals surface area contributed by atoms with Crippen LogP contribution in [-0.2, 0) is 10.0 Å². The van der Waals surface area contributed by atoms with E-state index < -0.39 is 15.8 Å². The normalized spacial score (nSPS) is 15.3. The Morgan fingerprint density at radius 2 is 2.05 bits per heavy atom. The molecule has 7 heteroatoms. The molecular formula is C13H18ClFN2O2S. The van der Waals surface area contributed by atoms with E-state index in [0.29, 0.717) is 12.5 Å². The summed E-state index contributed by atoms with van der Waals surface area (Å²) in [5.41, 5.74) is -0.176. The molecule has 112 valence electrons. The fraction of sp³-hybridized carbons (Fsp3) is 0.538. The van der Waals surface area contributed by atoms with Crippen LogP contribution in [0.4, 0.5) is 10.1 Å². The van der Waals surface area contributed by atoms with Crippen LogP contribution >= 0.6 is 11.6 Å². The Morgan fingerprint density at radius 1 is 1.30 bits per heavy atom. The second-order valence-electron chi connectivity index (χ2n) is 4.95. The lowest BCUT2D eigenvalue weighted by Crippen LogP contribution is -2.21. The molecule has 1 aromatic carbocycles. The molecule has 4 nitrogen and oxygen atoms in total. The molecule has 1 aromatic rings. The monoisotopic (exact) mass is 320 g/mol. The van der Waals surface area contributed by atoms with Gasteiger partial charge in [0.1, 0.15) is 11.5 Å². The summed E-state index contributed by atoms with van der Waals surface area (Å²) in [4.78, 5) is 0. The van der Waals surface area contributed by atoms with Crippen molar-refractivity contribution < 1.29 is 12.8 Å². The Hall–Kier alpha value is -0.850. The molecule has 0 saturated heterocycles. The zero-order chi connectivity index (χ0) is 14.6. The number of para-hydroxylation sites is 1. The molecular weight excluding hydrogens is 303 g/mol. The van der Waals surface area contributed by atoms with E-state index in [-0.39, 0.29) is 16.5 Å². The van der Waals surface area contributed by atoms with Gasteiger partial charge in [-0.1, -0.05) is 17.7 Å². The highest BCUT2D eigenvalue weighted by Gasteiger charge is 2.20. The molecule has 20 heavy (non-hydrogen) atoms. The molecule has 1 saturated carbocycles. The number of nitrogens with one attached hydrogen (secondary N) is 2. The molecule has 0 spiro atoms. The summed E-state index contributed by atoms with van der Waals surface area (Å²) in [6.07, 6.45) is 3.74. The molecule has 1 aliphatic rings. The van der Waals surface area contributed by atoms with Crippen LogP contribution in [0.25, 0.3) is 0 Å². The van der Waals surface area contributed by atoms with Gasteiger partial charge in [0.25, 0.3) is 0 Å². The molecule has 0 bridgehead atoms. The van der Waals surface area contributed by atoms with Gasteiger partial charge < -0.3 is 5.32 Å². The number of benzene rings is 1. The van der Waals surface area contributed by atoms with Crippen LogP contribution in [0.15, 0.2) is 18.2 Å². The Morgan fingerprint density at radius 3 is 2.70 bits per heavy atom. The molecule has 0 unspecified atom stereocenters. The van der Waals surface area contributed by atoms with Crippen molar-refractivity contribution in [2.24, 2.45) is 0 Å². The maximum Gasteiger partial charge on any atom is 0.232 e. The van der Waals surface area contributed by atoms with Gasteiger partial charge >= 0.3 is 0 Å². The van der Waals surface area contributed by atoms with Gasteiger partial charge in [-0.25, -0.2) is 12.8 Å². The van der Waals surface area contributed by atoms with E-state index in [1.807, 2.05) is 0 Å². The van der Waals surface area contributed by atoms with Crippen molar-refractivity contribution in [3.63, 3.8) is 0 Å². The van der Waals surface area contributed by atoms with Crippen molar-refractivity contribution in [1.82, 2.24) is 5.32 Å².